The summed E-state index contributed by atoms with van der Waals surface area (Å²) in [6, 6.07) is 17.2. The lowest BCUT2D eigenvalue weighted by Gasteiger charge is -2.58. The maximum atomic E-state index is 14.7. The molecule has 0 bridgehead atoms. The predicted octanol–water partition coefficient (Wildman–Crippen LogP) is 9.05. The molecule has 73 heavy (non-hydrogen) atoms. The van der Waals surface area contributed by atoms with E-state index in [-0.39, 0.29) is 75.7 Å². The number of aromatic amines is 1. The van der Waals surface area contributed by atoms with Gasteiger partial charge >= 0.3 is 0 Å². The molecule has 5 heterocycles. The quantitative estimate of drug-likeness (QED) is 0.0679. The van der Waals surface area contributed by atoms with Gasteiger partial charge in [0.25, 0.3) is 21.6 Å². The highest BCUT2D eigenvalue weighted by Gasteiger charge is 2.50. The number of aromatic nitrogens is 2. The molecule has 19 heteroatoms. The first-order valence-electron chi connectivity index (χ1n) is 25.6. The highest BCUT2D eigenvalue weighted by atomic mass is 32.2. The minimum Gasteiger partial charge on any atom is -0.489 e. The number of piperazine rings is 1. The zero-order valence-corrected chi connectivity index (χ0v) is 42.8. The molecule has 5 aliphatic rings. The van der Waals surface area contributed by atoms with Gasteiger partial charge in [0.2, 0.25) is 5.91 Å². The number of nitrogens with one attached hydrogen (secondary N) is 3. The minimum atomic E-state index is -4.74. The average molecular weight is 1020 g/mol. The number of nitro benzene ring substituents is 1. The van der Waals surface area contributed by atoms with Gasteiger partial charge in [-0.25, -0.2) is 22.5 Å². The minimum absolute atomic E-state index is 0.00618. The van der Waals surface area contributed by atoms with Crippen LogP contribution in [0.3, 0.4) is 0 Å². The second-order valence-corrected chi connectivity index (χ2v) is 23.6. The van der Waals surface area contributed by atoms with Gasteiger partial charge in [-0.2, -0.15) is 0 Å². The molecule has 0 unspecified atom stereocenters. The molecule has 10 rings (SSSR count). The Hall–Kier alpha value is -6.31. The number of nitrogens with zero attached hydrogens (tertiary/aromatic N) is 5. The van der Waals surface area contributed by atoms with Crippen LogP contribution in [0.25, 0.3) is 11.0 Å². The van der Waals surface area contributed by atoms with Crippen molar-refractivity contribution in [2.45, 2.75) is 121 Å². The number of H-pyrrole nitrogens is 1. The van der Waals surface area contributed by atoms with Crippen LogP contribution in [0, 0.1) is 33.2 Å². The van der Waals surface area contributed by atoms with Gasteiger partial charge in [-0.15, -0.1) is 0 Å². The fraction of sp³-hybridized carbons (Fsp3) is 0.500. The Bertz CT molecular complexity index is 3050. The summed E-state index contributed by atoms with van der Waals surface area (Å²) in [6.07, 6.45) is 9.05. The first kappa shape index (κ1) is 50.2. The number of aliphatic hydroxyl groups is 1. The number of piperidine rings is 1. The fourth-order valence-electron chi connectivity index (χ4n) is 12.0. The van der Waals surface area contributed by atoms with Gasteiger partial charge in [0.15, 0.2) is 11.4 Å². The molecule has 2 amide bonds. The summed E-state index contributed by atoms with van der Waals surface area (Å²) < 4.78 is 57.1. The van der Waals surface area contributed by atoms with Gasteiger partial charge in [-0.05, 0) is 105 Å². The highest BCUT2D eigenvalue weighted by molar-refractivity contribution is 7.90. The summed E-state index contributed by atoms with van der Waals surface area (Å²) >= 11 is 0. The van der Waals surface area contributed by atoms with Crippen LogP contribution in [0.4, 0.5) is 21.5 Å². The largest absolute Gasteiger partial charge is 0.489 e. The summed E-state index contributed by atoms with van der Waals surface area (Å²) in [5.74, 6) is -1.00. The molecule has 0 radical (unpaired) electrons. The Kier molecular flexibility index (Phi) is 13.4. The number of halogens is 1. The number of anilines is 2. The third kappa shape index (κ3) is 10.1. The van der Waals surface area contributed by atoms with Gasteiger partial charge in [-0.3, -0.25) is 24.6 Å². The van der Waals surface area contributed by atoms with E-state index in [2.05, 4.69) is 67.9 Å². The molecule has 2 saturated carbocycles. The Morgan fingerprint density at radius 3 is 2.45 bits per heavy atom. The van der Waals surface area contributed by atoms with Crippen LogP contribution in [0.1, 0.15) is 119 Å². The number of nitro groups is 1. The lowest BCUT2D eigenvalue weighted by atomic mass is 9.59. The number of hydrogen-bond acceptors (Lipinski definition) is 13. The van der Waals surface area contributed by atoms with E-state index in [9.17, 15) is 37.6 Å². The van der Waals surface area contributed by atoms with Crippen molar-refractivity contribution in [2.24, 2.45) is 17.3 Å². The number of rotatable bonds is 12. The maximum Gasteiger partial charge on any atom is 0.297 e. The van der Waals surface area contributed by atoms with Crippen molar-refractivity contribution in [3.8, 4) is 17.2 Å². The molecule has 4 N–H and O–H groups in total. The third-order valence-corrected chi connectivity index (χ3v) is 17.6. The van der Waals surface area contributed by atoms with Crippen molar-refractivity contribution in [3.05, 3.63) is 106 Å². The van der Waals surface area contributed by atoms with Crippen LogP contribution in [0.15, 0.2) is 78.0 Å². The van der Waals surface area contributed by atoms with E-state index in [4.69, 9.17) is 9.47 Å². The Balaban J connectivity index is 0.863. The van der Waals surface area contributed by atoms with Crippen molar-refractivity contribution >= 4 is 49.9 Å². The number of hydrogen-bond donors (Lipinski definition) is 4. The molecule has 2 saturated heterocycles. The third-order valence-electron chi connectivity index (χ3n) is 16.3. The van der Waals surface area contributed by atoms with Crippen molar-refractivity contribution in [3.63, 3.8) is 0 Å². The molecule has 4 fully saturated rings. The second-order valence-electron chi connectivity index (χ2n) is 21.9. The van der Waals surface area contributed by atoms with E-state index >= 15 is 0 Å². The van der Waals surface area contributed by atoms with E-state index in [1.165, 1.54) is 35.7 Å². The van der Waals surface area contributed by atoms with Crippen LogP contribution in [0.5, 0.6) is 17.2 Å². The fourth-order valence-corrected chi connectivity index (χ4v) is 13.0. The summed E-state index contributed by atoms with van der Waals surface area (Å²) in [4.78, 5) is 52.6. The van der Waals surface area contributed by atoms with E-state index in [1.54, 1.807) is 19.1 Å². The average Bonchev–Trinajstić information content (AvgIpc) is 3.73. The number of ether oxygens (including phenoxy) is 2. The van der Waals surface area contributed by atoms with Gasteiger partial charge in [0.1, 0.15) is 29.6 Å². The van der Waals surface area contributed by atoms with Crippen LogP contribution < -0.4 is 24.4 Å². The van der Waals surface area contributed by atoms with Crippen molar-refractivity contribution < 1.29 is 41.9 Å². The lowest BCUT2D eigenvalue weighted by Crippen LogP contribution is -2.60. The van der Waals surface area contributed by atoms with Crippen molar-refractivity contribution in [1.29, 1.82) is 0 Å². The number of sulfonamides is 1. The zero-order chi connectivity index (χ0) is 51.6. The molecule has 2 aromatic heterocycles. The first-order chi connectivity index (χ1) is 34.8. The van der Waals surface area contributed by atoms with Crippen molar-refractivity contribution in [2.75, 3.05) is 49.5 Å². The molecular formula is C54H65FN8O9S. The number of pyridine rings is 1. The molecule has 1 spiro atoms. The number of fused-ring (bicyclic) bond motifs is 2. The van der Waals surface area contributed by atoms with Crippen LogP contribution in [0.2, 0.25) is 0 Å². The monoisotopic (exact) mass is 1020 g/mol. The normalized spacial score (nSPS) is 23.4. The second kappa shape index (κ2) is 19.5. The molecule has 388 valence electrons. The molecule has 3 aliphatic heterocycles. The smallest absolute Gasteiger partial charge is 0.297 e. The maximum absolute atomic E-state index is 14.7. The Morgan fingerprint density at radius 2 is 1.74 bits per heavy atom. The van der Waals surface area contributed by atoms with Gasteiger partial charge < -0.3 is 34.7 Å². The summed E-state index contributed by atoms with van der Waals surface area (Å²) in [7, 11) is -4.74. The van der Waals surface area contributed by atoms with E-state index in [0.29, 0.717) is 56.4 Å². The van der Waals surface area contributed by atoms with Gasteiger partial charge in [0, 0.05) is 74.8 Å². The van der Waals surface area contributed by atoms with Crippen molar-refractivity contribution in [1.82, 2.24) is 24.5 Å². The molecular weight excluding hydrogens is 956 g/mol. The topological polar surface area (TPSA) is 213 Å². The van der Waals surface area contributed by atoms with E-state index in [0.717, 1.165) is 63.1 Å². The first-order valence-corrected chi connectivity index (χ1v) is 27.1. The number of amides is 2. The molecule has 3 aromatic carbocycles. The SMILES string of the molecule is CC(C)C(=O)N1CCN(C2CC3(CCN(c4ccc(C(=O)NS(=O)(=O)c5cc6c(c([N+](=O)[O-])c5)N[C@@H]([C@H]5CC[C@](C)(O)CC5)CO6)c(Oc5cnc6[nH]cc(F)c6c5)c4)CC3)C2)[C@@H](c2ccccc2C(C)C)C1. The molecule has 17 nitrogen and oxygen atoms in total. The van der Waals surface area contributed by atoms with Gasteiger partial charge in [0.05, 0.1) is 44.7 Å². The van der Waals surface area contributed by atoms with Crippen LogP contribution in [-0.4, -0.2) is 107 Å². The summed E-state index contributed by atoms with van der Waals surface area (Å²) in [5.41, 5.74) is 2.39. The molecule has 5 aromatic rings. The zero-order valence-electron chi connectivity index (χ0n) is 42.0. The van der Waals surface area contributed by atoms with E-state index in [1.807, 2.05) is 18.7 Å². The summed E-state index contributed by atoms with van der Waals surface area (Å²) in [5, 5.41) is 26.3. The Labute approximate surface area is 425 Å². The number of benzene rings is 3. The van der Waals surface area contributed by atoms with Crippen LogP contribution >= 0.6 is 0 Å². The molecule has 2 aliphatic carbocycles. The van der Waals surface area contributed by atoms with E-state index < -0.39 is 42.9 Å². The Morgan fingerprint density at radius 1 is 1.00 bits per heavy atom. The van der Waals surface area contributed by atoms with Crippen LogP contribution in [-0.2, 0) is 14.8 Å². The predicted molar refractivity (Wildman–Crippen MR) is 274 cm³/mol. The highest BCUT2D eigenvalue weighted by Crippen LogP contribution is 2.54. The van der Waals surface area contributed by atoms with Gasteiger partial charge in [-0.1, -0.05) is 52.0 Å². The number of carbonyl (C=O) groups excluding carboxylic acids is 2. The summed E-state index contributed by atoms with van der Waals surface area (Å²) in [6.45, 7) is 13.9. The molecule has 2 atom stereocenters. The number of carbonyl (C=O) groups is 2. The lowest BCUT2D eigenvalue weighted by molar-refractivity contribution is -0.384. The standard InChI is InChI=1S/C54H65FN8O9S/c1-32(2)39-8-6-7-9-40(39)46-30-61(52(65)33(3)4)20-21-62(46)36-26-54(27-36)16-18-60(19-17-54)35-10-11-41(47(22-35)72-37-23-42-43(55)29-57-50(42)56-28-37)51(64)59-73(69,70)38-24-45(63(67)68)49-48(25-38)71-31-44(58-49)34-12-14-53(5,66)15-13-34/h6-11,22-25,28-29,32-34,36,44,46,58,66H,12-21,26-27,30-31H2,1-5H3,(H,56,57)(H,59,64)/t34-,44-,46-,53-/m1/s1.